The summed E-state index contributed by atoms with van der Waals surface area (Å²) in [6.45, 7) is 0.448. The Balaban J connectivity index is 2.53. The number of benzene rings is 1. The van der Waals surface area contributed by atoms with Gasteiger partial charge in [-0.25, -0.2) is 0 Å². The first-order chi connectivity index (χ1) is 12.3. The molecule has 0 heterocycles. The maximum Gasteiger partial charge on any atom is 0.240 e. The van der Waals surface area contributed by atoms with Gasteiger partial charge in [-0.05, 0) is 30.5 Å². The number of aliphatic imine (C=N–C) groups is 1. The second kappa shape index (κ2) is 10.9. The number of primary amides is 1. The number of amides is 2. The zero-order valence-electron chi connectivity index (χ0n) is 14.7. The van der Waals surface area contributed by atoms with Crippen LogP contribution in [0.3, 0.4) is 0 Å². The van der Waals surface area contributed by atoms with Gasteiger partial charge >= 0.3 is 0 Å². The van der Waals surface area contributed by atoms with Gasteiger partial charge in [0.05, 0.1) is 0 Å². The zero-order valence-corrected chi connectivity index (χ0v) is 14.7. The number of carbonyl (C=O) groups excluding carboxylic acids is 2. The molecule has 2 atom stereocenters. The van der Waals surface area contributed by atoms with Gasteiger partial charge in [-0.15, -0.1) is 0 Å². The van der Waals surface area contributed by atoms with Gasteiger partial charge in [0, 0.05) is 31.1 Å². The molecule has 2 unspecified atom stereocenters. The van der Waals surface area contributed by atoms with Crippen molar-refractivity contribution in [3.8, 4) is 0 Å². The highest BCUT2D eigenvalue weighted by atomic mass is 16.2. The van der Waals surface area contributed by atoms with Crippen LogP contribution in [0.15, 0.2) is 29.3 Å². The van der Waals surface area contributed by atoms with E-state index in [1.165, 1.54) is 0 Å². The molecule has 0 bridgehead atoms. The Kier molecular flexibility index (Phi) is 8.88. The summed E-state index contributed by atoms with van der Waals surface area (Å²) in [4.78, 5) is 27.7. The second-order valence-electron chi connectivity index (χ2n) is 5.98. The summed E-state index contributed by atoms with van der Waals surface area (Å²) in [6.07, 6.45) is 1.64. The van der Waals surface area contributed by atoms with E-state index in [2.05, 4.69) is 15.7 Å². The van der Waals surface area contributed by atoms with Crippen LogP contribution in [0.4, 0.5) is 5.69 Å². The topological polar surface area (TPSA) is 201 Å². The first kappa shape index (κ1) is 21.2. The Bertz CT molecular complexity index is 613. The monoisotopic (exact) mass is 364 g/mol. The molecule has 26 heavy (non-hydrogen) atoms. The average Bonchev–Trinajstić information content (AvgIpc) is 2.58. The molecule has 10 heteroatoms. The van der Waals surface area contributed by atoms with Gasteiger partial charge in [-0.3, -0.25) is 25.8 Å². The van der Waals surface area contributed by atoms with Crippen molar-refractivity contribution in [3.63, 3.8) is 0 Å². The van der Waals surface area contributed by atoms with Crippen LogP contribution in [-0.2, 0) is 16.0 Å². The van der Waals surface area contributed by atoms with Crippen molar-refractivity contribution >= 4 is 23.5 Å². The summed E-state index contributed by atoms with van der Waals surface area (Å²) in [6, 6.07) is 5.93. The molecule has 0 radical (unpaired) electrons. The molecule has 0 saturated heterocycles. The maximum absolute atomic E-state index is 12.2. The van der Waals surface area contributed by atoms with Gasteiger partial charge in [0.25, 0.3) is 0 Å². The standard InChI is InChI=1S/C16H28N8O2/c17-11-5-3-10(4-6-11)8-13(15(18)26)23-14(25)9-12(24-21)2-1-7-22-16(19)20/h3-6,12-13,24H,1-2,7-9,17,21H2,(H2,18,26)(H,23,25)(H4,19,20,22). The Morgan fingerprint density at radius 3 is 2.31 bits per heavy atom. The van der Waals surface area contributed by atoms with E-state index in [0.717, 1.165) is 5.56 Å². The third-order valence-electron chi connectivity index (χ3n) is 3.77. The number of hydrogen-bond acceptors (Lipinski definition) is 6. The number of nitrogens with two attached hydrogens (primary N) is 5. The van der Waals surface area contributed by atoms with Crippen molar-refractivity contribution in [2.75, 3.05) is 12.3 Å². The van der Waals surface area contributed by atoms with Crippen LogP contribution in [0, 0.1) is 0 Å². The van der Waals surface area contributed by atoms with Crippen LogP contribution in [0.25, 0.3) is 0 Å². The molecule has 2 amide bonds. The molecule has 1 aromatic rings. The number of nitrogen functional groups attached to an aromatic ring is 1. The predicted octanol–water partition coefficient (Wildman–Crippen LogP) is -1.94. The fourth-order valence-electron chi connectivity index (χ4n) is 2.38. The Morgan fingerprint density at radius 2 is 1.77 bits per heavy atom. The minimum atomic E-state index is -0.814. The molecule has 10 nitrogen and oxygen atoms in total. The Labute approximate surface area is 152 Å². The van der Waals surface area contributed by atoms with E-state index in [1.54, 1.807) is 24.3 Å². The lowest BCUT2D eigenvalue weighted by molar-refractivity contribution is -0.127. The fourth-order valence-corrected chi connectivity index (χ4v) is 2.38. The molecule has 12 N–H and O–H groups in total. The lowest BCUT2D eigenvalue weighted by Crippen LogP contribution is -2.48. The molecule has 0 spiro atoms. The first-order valence-corrected chi connectivity index (χ1v) is 8.26. The number of nitrogens with one attached hydrogen (secondary N) is 2. The lowest BCUT2D eigenvalue weighted by Gasteiger charge is -2.19. The van der Waals surface area contributed by atoms with Gasteiger partial charge in [0.2, 0.25) is 11.8 Å². The number of anilines is 1. The minimum absolute atomic E-state index is 0.0203. The molecule has 1 aromatic carbocycles. The smallest absolute Gasteiger partial charge is 0.240 e. The summed E-state index contributed by atoms with van der Waals surface area (Å²) >= 11 is 0. The Morgan fingerprint density at radius 1 is 1.12 bits per heavy atom. The normalized spacial score (nSPS) is 12.8. The van der Waals surface area contributed by atoms with Crippen LogP contribution in [0.1, 0.15) is 24.8 Å². The molecule has 0 aliphatic heterocycles. The minimum Gasteiger partial charge on any atom is -0.399 e. The van der Waals surface area contributed by atoms with Crippen molar-refractivity contribution in [3.05, 3.63) is 29.8 Å². The summed E-state index contributed by atoms with van der Waals surface area (Å²) in [5.74, 6) is 4.56. The molecule has 0 fully saturated rings. The molecule has 0 aromatic heterocycles. The van der Waals surface area contributed by atoms with E-state index in [9.17, 15) is 9.59 Å². The van der Waals surface area contributed by atoms with Gasteiger partial charge in [0.1, 0.15) is 6.04 Å². The van der Waals surface area contributed by atoms with E-state index in [4.69, 9.17) is 28.8 Å². The van der Waals surface area contributed by atoms with Crippen molar-refractivity contribution < 1.29 is 9.59 Å². The van der Waals surface area contributed by atoms with Gasteiger partial charge in [-0.2, -0.15) is 0 Å². The summed E-state index contributed by atoms with van der Waals surface area (Å²) in [7, 11) is 0. The molecule has 144 valence electrons. The van der Waals surface area contributed by atoms with Crippen molar-refractivity contribution in [2.24, 2.45) is 28.0 Å². The summed E-state index contributed by atoms with van der Waals surface area (Å²) < 4.78 is 0. The van der Waals surface area contributed by atoms with Gasteiger partial charge in [-0.1, -0.05) is 12.1 Å². The SMILES string of the molecule is NNC(CCCN=C(N)N)CC(=O)NC(Cc1ccc(N)cc1)C(N)=O. The van der Waals surface area contributed by atoms with Gasteiger partial charge < -0.3 is 28.3 Å². The number of nitrogens with zero attached hydrogens (tertiary/aromatic N) is 1. The number of carbonyl (C=O) groups is 2. The average molecular weight is 364 g/mol. The predicted molar refractivity (Wildman–Crippen MR) is 101 cm³/mol. The summed E-state index contributed by atoms with van der Waals surface area (Å²) in [5.41, 5.74) is 25.6. The number of rotatable bonds is 11. The number of hydrogen-bond donors (Lipinski definition) is 7. The molecule has 0 aliphatic rings. The van der Waals surface area contributed by atoms with E-state index >= 15 is 0 Å². The Hall–Kier alpha value is -2.85. The quantitative estimate of drug-likeness (QED) is 0.0590. The maximum atomic E-state index is 12.2. The van der Waals surface area contributed by atoms with Crippen LogP contribution in [-0.4, -0.2) is 36.4 Å². The molecule has 1 rings (SSSR count). The highest BCUT2D eigenvalue weighted by Crippen LogP contribution is 2.09. The molecule has 0 aliphatic carbocycles. The lowest BCUT2D eigenvalue weighted by atomic mass is 10.0. The molecule has 0 saturated carbocycles. The van der Waals surface area contributed by atoms with Crippen LogP contribution in [0.2, 0.25) is 0 Å². The fraction of sp³-hybridized carbons (Fsp3) is 0.438. The third-order valence-corrected chi connectivity index (χ3v) is 3.77. The van der Waals surface area contributed by atoms with Crippen molar-refractivity contribution in [1.82, 2.24) is 10.7 Å². The first-order valence-electron chi connectivity index (χ1n) is 8.26. The van der Waals surface area contributed by atoms with Gasteiger partial charge in [0.15, 0.2) is 5.96 Å². The molecular weight excluding hydrogens is 336 g/mol. The highest BCUT2D eigenvalue weighted by Gasteiger charge is 2.20. The number of hydrazine groups is 1. The molecular formula is C16H28N8O2. The van der Waals surface area contributed by atoms with Crippen LogP contribution < -0.4 is 39.5 Å². The van der Waals surface area contributed by atoms with Crippen molar-refractivity contribution in [2.45, 2.75) is 37.8 Å². The van der Waals surface area contributed by atoms with Crippen LogP contribution in [0.5, 0.6) is 0 Å². The van der Waals surface area contributed by atoms with Crippen LogP contribution >= 0.6 is 0 Å². The summed E-state index contributed by atoms with van der Waals surface area (Å²) in [5, 5.41) is 2.65. The van der Waals surface area contributed by atoms with E-state index < -0.39 is 11.9 Å². The number of guanidine groups is 1. The third kappa shape index (κ3) is 8.31. The highest BCUT2D eigenvalue weighted by molar-refractivity contribution is 5.87. The zero-order chi connectivity index (χ0) is 19.5. The largest absolute Gasteiger partial charge is 0.399 e. The van der Waals surface area contributed by atoms with E-state index in [0.29, 0.717) is 25.1 Å². The van der Waals surface area contributed by atoms with Crippen molar-refractivity contribution in [1.29, 1.82) is 0 Å². The van der Waals surface area contributed by atoms with E-state index in [-0.39, 0.29) is 30.8 Å². The second-order valence-corrected chi connectivity index (χ2v) is 5.98. The van der Waals surface area contributed by atoms with E-state index in [1.807, 2.05) is 0 Å².